The fourth-order valence-electron chi connectivity index (χ4n) is 2.80. The van der Waals surface area contributed by atoms with E-state index in [0.717, 1.165) is 27.8 Å². The first-order valence-corrected chi connectivity index (χ1v) is 8.58. The van der Waals surface area contributed by atoms with Crippen LogP contribution in [0.4, 0.5) is 5.82 Å². The van der Waals surface area contributed by atoms with Crippen LogP contribution in [0.15, 0.2) is 76.2 Å². The first-order valence-electron chi connectivity index (χ1n) is 8.20. The molecule has 0 radical (unpaired) electrons. The Labute approximate surface area is 156 Å². The second-order valence-electron chi connectivity index (χ2n) is 5.90. The number of furan rings is 1. The Morgan fingerprint density at radius 1 is 1.04 bits per heavy atom. The molecule has 0 amide bonds. The normalized spacial score (nSPS) is 11.3. The maximum Gasteiger partial charge on any atom is 0.147 e. The molecule has 0 bridgehead atoms. The molecular formula is C21H16ClN3O. The summed E-state index contributed by atoms with van der Waals surface area (Å²) in [6.45, 7) is 1.90. The van der Waals surface area contributed by atoms with Crippen molar-refractivity contribution in [3.8, 4) is 11.1 Å². The predicted molar refractivity (Wildman–Crippen MR) is 107 cm³/mol. The van der Waals surface area contributed by atoms with Gasteiger partial charge in [-0.2, -0.15) is 5.10 Å². The van der Waals surface area contributed by atoms with Crippen LogP contribution in [-0.2, 0) is 0 Å². The molecule has 26 heavy (non-hydrogen) atoms. The van der Waals surface area contributed by atoms with Crippen LogP contribution in [0.1, 0.15) is 11.5 Å². The largest absolute Gasteiger partial charge is 0.460 e. The number of aromatic nitrogens is 1. The highest BCUT2D eigenvalue weighted by Gasteiger charge is 2.08. The summed E-state index contributed by atoms with van der Waals surface area (Å²) < 4.78 is 5.47. The zero-order valence-corrected chi connectivity index (χ0v) is 14.9. The van der Waals surface area contributed by atoms with Gasteiger partial charge in [0.05, 0.1) is 11.7 Å². The van der Waals surface area contributed by atoms with Crippen molar-refractivity contribution in [1.82, 2.24) is 4.98 Å². The van der Waals surface area contributed by atoms with Crippen molar-refractivity contribution in [2.45, 2.75) is 6.92 Å². The van der Waals surface area contributed by atoms with Crippen LogP contribution in [0.25, 0.3) is 22.0 Å². The number of anilines is 1. The minimum absolute atomic E-state index is 0.651. The summed E-state index contributed by atoms with van der Waals surface area (Å²) in [5.41, 5.74) is 5.97. The molecule has 0 unspecified atom stereocenters. The molecule has 0 aliphatic rings. The average molecular weight is 362 g/mol. The van der Waals surface area contributed by atoms with Gasteiger partial charge in [0.15, 0.2) is 0 Å². The summed E-state index contributed by atoms with van der Waals surface area (Å²) in [7, 11) is 0. The number of nitrogens with one attached hydrogen (secondary N) is 1. The molecule has 0 saturated carbocycles. The molecule has 5 heteroatoms. The van der Waals surface area contributed by atoms with E-state index < -0.39 is 0 Å². The molecule has 1 N–H and O–H groups in total. The molecule has 0 fully saturated rings. The number of nitrogens with zero attached hydrogens (tertiary/aromatic N) is 2. The quantitative estimate of drug-likeness (QED) is 0.363. The molecule has 0 spiro atoms. The molecule has 4 aromatic rings. The molecule has 4 nitrogen and oxygen atoms in total. The molecule has 128 valence electrons. The minimum atomic E-state index is 0.651. The number of halogens is 1. The number of pyridine rings is 1. The summed E-state index contributed by atoms with van der Waals surface area (Å²) in [5.74, 6) is 2.18. The van der Waals surface area contributed by atoms with E-state index in [0.29, 0.717) is 16.6 Å². The highest BCUT2D eigenvalue weighted by atomic mass is 35.5. The van der Waals surface area contributed by atoms with Crippen molar-refractivity contribution in [3.63, 3.8) is 0 Å². The van der Waals surface area contributed by atoms with Crippen LogP contribution < -0.4 is 5.43 Å². The Balaban J connectivity index is 1.74. The van der Waals surface area contributed by atoms with Gasteiger partial charge in [-0.15, -0.1) is 0 Å². The minimum Gasteiger partial charge on any atom is -0.460 e. The van der Waals surface area contributed by atoms with Gasteiger partial charge in [0.25, 0.3) is 0 Å². The lowest BCUT2D eigenvalue weighted by Gasteiger charge is -2.10. The van der Waals surface area contributed by atoms with Gasteiger partial charge in [0.1, 0.15) is 17.3 Å². The van der Waals surface area contributed by atoms with Crippen LogP contribution >= 0.6 is 11.6 Å². The monoisotopic (exact) mass is 361 g/mol. The number of hydrogen-bond donors (Lipinski definition) is 1. The summed E-state index contributed by atoms with van der Waals surface area (Å²) in [4.78, 5) is 4.62. The van der Waals surface area contributed by atoms with E-state index in [1.165, 1.54) is 0 Å². The summed E-state index contributed by atoms with van der Waals surface area (Å²) >= 11 is 6.19. The van der Waals surface area contributed by atoms with Crippen molar-refractivity contribution in [2.75, 3.05) is 5.43 Å². The van der Waals surface area contributed by atoms with Gasteiger partial charge in [-0.1, -0.05) is 41.9 Å². The molecule has 0 aliphatic carbocycles. The Morgan fingerprint density at radius 2 is 1.88 bits per heavy atom. The van der Waals surface area contributed by atoms with E-state index in [-0.39, 0.29) is 0 Å². The summed E-state index contributed by atoms with van der Waals surface area (Å²) in [6, 6.07) is 21.6. The van der Waals surface area contributed by atoms with E-state index in [1.807, 2.05) is 61.5 Å². The van der Waals surface area contributed by atoms with Gasteiger partial charge < -0.3 is 4.42 Å². The lowest BCUT2D eigenvalue weighted by atomic mass is 10.0. The Kier molecular flexibility index (Phi) is 4.42. The fourth-order valence-corrected chi connectivity index (χ4v) is 2.97. The number of hydrazone groups is 1. The lowest BCUT2D eigenvalue weighted by Crippen LogP contribution is -1.95. The van der Waals surface area contributed by atoms with Crippen molar-refractivity contribution < 1.29 is 4.42 Å². The Morgan fingerprint density at radius 3 is 2.65 bits per heavy atom. The zero-order chi connectivity index (χ0) is 17.9. The summed E-state index contributed by atoms with van der Waals surface area (Å²) in [5, 5.41) is 5.91. The second-order valence-corrected chi connectivity index (χ2v) is 6.34. The van der Waals surface area contributed by atoms with Crippen LogP contribution in [0.5, 0.6) is 0 Å². The molecule has 4 rings (SSSR count). The van der Waals surface area contributed by atoms with E-state index in [4.69, 9.17) is 16.0 Å². The van der Waals surface area contributed by atoms with Crippen molar-refractivity contribution >= 4 is 34.5 Å². The van der Waals surface area contributed by atoms with E-state index in [2.05, 4.69) is 27.6 Å². The molecule has 0 atom stereocenters. The smallest absolute Gasteiger partial charge is 0.147 e. The highest BCUT2D eigenvalue weighted by Crippen LogP contribution is 2.31. The number of rotatable bonds is 4. The van der Waals surface area contributed by atoms with Gasteiger partial charge in [0, 0.05) is 10.4 Å². The zero-order valence-electron chi connectivity index (χ0n) is 14.1. The van der Waals surface area contributed by atoms with E-state index >= 15 is 0 Å². The van der Waals surface area contributed by atoms with Crippen LogP contribution in [0.2, 0.25) is 5.02 Å². The number of fused-ring (bicyclic) bond motifs is 1. The van der Waals surface area contributed by atoms with Crippen LogP contribution in [0.3, 0.4) is 0 Å². The van der Waals surface area contributed by atoms with Gasteiger partial charge >= 0.3 is 0 Å². The number of benzene rings is 2. The third-order valence-corrected chi connectivity index (χ3v) is 4.22. The average Bonchev–Trinajstić information content (AvgIpc) is 3.07. The topological polar surface area (TPSA) is 50.4 Å². The third kappa shape index (κ3) is 3.46. The number of aryl methyl sites for hydroxylation is 1. The van der Waals surface area contributed by atoms with Gasteiger partial charge in [0.2, 0.25) is 0 Å². The van der Waals surface area contributed by atoms with E-state index in [9.17, 15) is 0 Å². The summed E-state index contributed by atoms with van der Waals surface area (Å²) in [6.07, 6.45) is 1.63. The molecular weight excluding hydrogens is 346 g/mol. The predicted octanol–water partition coefficient (Wildman–Crippen LogP) is 5.90. The maximum atomic E-state index is 6.19. The highest BCUT2D eigenvalue weighted by molar-refractivity contribution is 6.31. The van der Waals surface area contributed by atoms with Crippen molar-refractivity contribution in [1.29, 1.82) is 0 Å². The standard InChI is InChI=1S/C21H16ClN3O/c1-14-7-9-17(26-14)13-23-25-21-12-18(15-5-3-2-4-6-15)19-11-16(22)8-10-20(19)24-21/h2-13H,1H3,(H,24,25). The molecule has 0 saturated heterocycles. The number of hydrogen-bond acceptors (Lipinski definition) is 4. The Bertz CT molecular complexity index is 1090. The third-order valence-electron chi connectivity index (χ3n) is 3.99. The molecule has 2 aromatic carbocycles. The molecule has 2 heterocycles. The van der Waals surface area contributed by atoms with Crippen LogP contribution in [-0.4, -0.2) is 11.2 Å². The van der Waals surface area contributed by atoms with Crippen LogP contribution in [0, 0.1) is 6.92 Å². The molecule has 2 aromatic heterocycles. The SMILES string of the molecule is Cc1ccc(C=NNc2cc(-c3ccccc3)c3cc(Cl)ccc3n2)o1. The lowest BCUT2D eigenvalue weighted by molar-refractivity contribution is 0.528. The first kappa shape index (κ1) is 16.4. The van der Waals surface area contributed by atoms with Gasteiger partial charge in [-0.25, -0.2) is 4.98 Å². The first-order chi connectivity index (χ1) is 12.7. The fraction of sp³-hybridized carbons (Fsp3) is 0.0476. The van der Waals surface area contributed by atoms with Gasteiger partial charge in [-0.3, -0.25) is 5.43 Å². The second kappa shape index (κ2) is 7.02. The molecule has 0 aliphatic heterocycles. The van der Waals surface area contributed by atoms with Gasteiger partial charge in [-0.05, 0) is 54.4 Å². The van der Waals surface area contributed by atoms with Crippen molar-refractivity contribution in [3.05, 3.63) is 83.3 Å². The van der Waals surface area contributed by atoms with Crippen molar-refractivity contribution in [2.24, 2.45) is 5.10 Å². The Hall–Kier alpha value is -3.11. The maximum absolute atomic E-state index is 6.19. The van der Waals surface area contributed by atoms with E-state index in [1.54, 1.807) is 6.21 Å².